The summed E-state index contributed by atoms with van der Waals surface area (Å²) in [5.41, 5.74) is 5.20. The molecule has 1 saturated heterocycles. The van der Waals surface area contributed by atoms with Crippen LogP contribution in [0.2, 0.25) is 0 Å². The van der Waals surface area contributed by atoms with Gasteiger partial charge in [0, 0.05) is 67.6 Å². The van der Waals surface area contributed by atoms with Gasteiger partial charge in [-0.25, -0.2) is 9.59 Å². The first-order valence-electron chi connectivity index (χ1n) is 13.5. The molecular formula is C31H37N3O7. The van der Waals surface area contributed by atoms with Crippen LogP contribution in [0.4, 0.5) is 0 Å². The van der Waals surface area contributed by atoms with Gasteiger partial charge in [-0.05, 0) is 48.4 Å². The first kappa shape index (κ1) is 29.7. The van der Waals surface area contributed by atoms with Crippen molar-refractivity contribution < 1.29 is 34.0 Å². The summed E-state index contributed by atoms with van der Waals surface area (Å²) in [6.45, 7) is 9.24. The van der Waals surface area contributed by atoms with Crippen LogP contribution in [0.15, 0.2) is 54.6 Å². The maximum Gasteiger partial charge on any atom is 0.414 e. The summed E-state index contributed by atoms with van der Waals surface area (Å²) in [7, 11) is 4.97. The number of carboxylic acids is 2. The van der Waals surface area contributed by atoms with Crippen molar-refractivity contribution in [1.29, 1.82) is 0 Å². The molecule has 0 bridgehead atoms. The Labute approximate surface area is 239 Å². The summed E-state index contributed by atoms with van der Waals surface area (Å²) in [6.07, 6.45) is 0. The second-order valence-corrected chi connectivity index (χ2v) is 9.81. The third kappa shape index (κ3) is 6.72. The summed E-state index contributed by atoms with van der Waals surface area (Å²) in [5, 5.41) is 17.5. The number of hydrogen-bond acceptors (Lipinski definition) is 7. The van der Waals surface area contributed by atoms with Crippen LogP contribution in [-0.4, -0.2) is 84.0 Å². The van der Waals surface area contributed by atoms with Crippen LogP contribution in [0.3, 0.4) is 0 Å². The number of carboxylic acid groups (broad SMARTS) is 2. The second-order valence-electron chi connectivity index (χ2n) is 9.81. The number of ether oxygens (including phenoxy) is 3. The number of methoxy groups -OCH3 is 3. The standard InChI is InChI=1S/C29H35N3O3.C2H2O4/c1-5-32-25-9-7-6-8-23(25)24-16-21(10-11-26(24)32)19-30-12-14-31(15-13-30)20-22-17-27(33-2)29(35-4)28(18-22)34-3;3-1(4)2(5)6/h6-11,16-18H,5,12-15,19-20H2,1-4H3;(H,3,4)(H,5,6). The number of carbonyl (C=O) groups is 2. The van der Waals surface area contributed by atoms with E-state index in [4.69, 9.17) is 34.0 Å². The molecule has 3 aromatic carbocycles. The van der Waals surface area contributed by atoms with Gasteiger partial charge in [0.15, 0.2) is 11.5 Å². The van der Waals surface area contributed by atoms with Crippen LogP contribution < -0.4 is 14.2 Å². The maximum absolute atomic E-state index is 9.10. The minimum Gasteiger partial charge on any atom is -0.493 e. The monoisotopic (exact) mass is 563 g/mol. The molecule has 1 aliphatic heterocycles. The van der Waals surface area contributed by atoms with E-state index < -0.39 is 11.9 Å². The number of fused-ring (bicyclic) bond motifs is 3. The molecule has 5 rings (SSSR count). The quantitative estimate of drug-likeness (QED) is 0.303. The number of hydrogen-bond donors (Lipinski definition) is 2. The Hall–Kier alpha value is -4.28. The lowest BCUT2D eigenvalue weighted by Gasteiger charge is -2.35. The van der Waals surface area contributed by atoms with Crippen molar-refractivity contribution in [2.75, 3.05) is 47.5 Å². The Bertz CT molecular complexity index is 1490. The van der Waals surface area contributed by atoms with E-state index in [0.717, 1.165) is 45.8 Å². The van der Waals surface area contributed by atoms with Gasteiger partial charge < -0.3 is 29.0 Å². The van der Waals surface area contributed by atoms with E-state index in [2.05, 4.69) is 75.9 Å². The van der Waals surface area contributed by atoms with Crippen molar-refractivity contribution in [3.05, 3.63) is 65.7 Å². The number of aliphatic carboxylic acids is 2. The number of aromatic nitrogens is 1. The third-order valence-electron chi connectivity index (χ3n) is 7.34. The number of nitrogens with zero attached hydrogens (tertiary/aromatic N) is 3. The molecule has 41 heavy (non-hydrogen) atoms. The molecule has 2 N–H and O–H groups in total. The zero-order valence-electron chi connectivity index (χ0n) is 23.9. The Morgan fingerprint density at radius 1 is 0.707 bits per heavy atom. The Morgan fingerprint density at radius 2 is 1.24 bits per heavy atom. The van der Waals surface area contributed by atoms with Crippen LogP contribution in [-0.2, 0) is 29.2 Å². The molecule has 0 spiro atoms. The van der Waals surface area contributed by atoms with E-state index >= 15 is 0 Å². The van der Waals surface area contributed by atoms with Crippen LogP contribution in [0, 0.1) is 0 Å². The van der Waals surface area contributed by atoms with E-state index in [1.807, 2.05) is 0 Å². The Morgan fingerprint density at radius 3 is 1.76 bits per heavy atom. The maximum atomic E-state index is 9.10. The highest BCUT2D eigenvalue weighted by molar-refractivity contribution is 6.27. The summed E-state index contributed by atoms with van der Waals surface area (Å²) in [5.74, 6) is -1.59. The van der Waals surface area contributed by atoms with Crippen LogP contribution in [0.5, 0.6) is 17.2 Å². The molecular weight excluding hydrogens is 526 g/mol. The van der Waals surface area contributed by atoms with E-state index in [9.17, 15) is 0 Å². The van der Waals surface area contributed by atoms with Crippen molar-refractivity contribution in [3.63, 3.8) is 0 Å². The average Bonchev–Trinajstić information content (AvgIpc) is 3.30. The fourth-order valence-corrected chi connectivity index (χ4v) is 5.39. The lowest BCUT2D eigenvalue weighted by Crippen LogP contribution is -2.45. The molecule has 4 aromatic rings. The minimum absolute atomic E-state index is 0.641. The minimum atomic E-state index is -1.82. The lowest BCUT2D eigenvalue weighted by atomic mass is 10.1. The van der Waals surface area contributed by atoms with E-state index in [1.54, 1.807) is 21.3 Å². The normalized spacial score (nSPS) is 14.0. The largest absolute Gasteiger partial charge is 0.493 e. The van der Waals surface area contributed by atoms with E-state index in [-0.39, 0.29) is 0 Å². The van der Waals surface area contributed by atoms with Crippen molar-refractivity contribution in [2.24, 2.45) is 0 Å². The predicted molar refractivity (Wildman–Crippen MR) is 157 cm³/mol. The Kier molecular flexibility index (Phi) is 9.69. The van der Waals surface area contributed by atoms with Gasteiger partial charge in [0.2, 0.25) is 5.75 Å². The number of rotatable bonds is 8. The molecule has 0 aliphatic carbocycles. The molecule has 10 nitrogen and oxygen atoms in total. The highest BCUT2D eigenvalue weighted by Gasteiger charge is 2.20. The first-order chi connectivity index (χ1) is 19.8. The molecule has 1 fully saturated rings. The number of para-hydroxylation sites is 1. The van der Waals surface area contributed by atoms with Gasteiger partial charge in [-0.15, -0.1) is 0 Å². The van der Waals surface area contributed by atoms with Gasteiger partial charge in [-0.1, -0.05) is 24.3 Å². The summed E-state index contributed by atoms with van der Waals surface area (Å²) >= 11 is 0. The van der Waals surface area contributed by atoms with Gasteiger partial charge in [0.25, 0.3) is 0 Å². The molecule has 2 heterocycles. The third-order valence-corrected chi connectivity index (χ3v) is 7.34. The molecule has 1 aromatic heterocycles. The molecule has 0 saturated carbocycles. The zero-order valence-corrected chi connectivity index (χ0v) is 23.9. The van der Waals surface area contributed by atoms with Gasteiger partial charge >= 0.3 is 11.9 Å². The number of aryl methyl sites for hydroxylation is 1. The zero-order chi connectivity index (χ0) is 29.5. The van der Waals surface area contributed by atoms with E-state index in [1.165, 1.54) is 32.9 Å². The molecule has 1 aliphatic rings. The summed E-state index contributed by atoms with van der Waals surface area (Å²) in [4.78, 5) is 23.3. The first-order valence-corrected chi connectivity index (χ1v) is 13.5. The lowest BCUT2D eigenvalue weighted by molar-refractivity contribution is -0.159. The van der Waals surface area contributed by atoms with Crippen LogP contribution >= 0.6 is 0 Å². The topological polar surface area (TPSA) is 114 Å². The Balaban J connectivity index is 0.000000585. The summed E-state index contributed by atoms with van der Waals surface area (Å²) in [6, 6.07) is 19.8. The molecule has 0 radical (unpaired) electrons. The van der Waals surface area contributed by atoms with Gasteiger partial charge in [-0.3, -0.25) is 9.80 Å². The fourth-order valence-electron chi connectivity index (χ4n) is 5.39. The number of piperazine rings is 1. The second kappa shape index (κ2) is 13.4. The van der Waals surface area contributed by atoms with E-state index in [0.29, 0.717) is 17.2 Å². The predicted octanol–water partition coefficient (Wildman–Crippen LogP) is 4.31. The molecule has 0 unspecified atom stereocenters. The van der Waals surface area contributed by atoms with Crippen molar-refractivity contribution in [3.8, 4) is 17.2 Å². The number of benzene rings is 3. The van der Waals surface area contributed by atoms with Crippen molar-refractivity contribution in [1.82, 2.24) is 14.4 Å². The van der Waals surface area contributed by atoms with Crippen molar-refractivity contribution >= 4 is 33.7 Å². The fraction of sp³-hybridized carbons (Fsp3) is 0.355. The van der Waals surface area contributed by atoms with Crippen molar-refractivity contribution in [2.45, 2.75) is 26.6 Å². The summed E-state index contributed by atoms with van der Waals surface area (Å²) < 4.78 is 18.9. The average molecular weight is 564 g/mol. The van der Waals surface area contributed by atoms with Crippen LogP contribution in [0.25, 0.3) is 21.8 Å². The SMILES string of the molecule is CCn1c2ccccc2c2cc(CN3CCN(Cc4cc(OC)c(OC)c(OC)c4)CC3)ccc21.O=C(O)C(=O)O. The molecule has 218 valence electrons. The van der Waals surface area contributed by atoms with Crippen LogP contribution in [0.1, 0.15) is 18.1 Å². The molecule has 0 amide bonds. The van der Waals surface area contributed by atoms with Gasteiger partial charge in [-0.2, -0.15) is 0 Å². The highest BCUT2D eigenvalue weighted by Crippen LogP contribution is 2.38. The smallest absolute Gasteiger partial charge is 0.414 e. The highest BCUT2D eigenvalue weighted by atomic mass is 16.5. The van der Waals surface area contributed by atoms with Gasteiger partial charge in [0.05, 0.1) is 21.3 Å². The molecule has 10 heteroatoms. The van der Waals surface area contributed by atoms with Gasteiger partial charge in [0.1, 0.15) is 0 Å². The molecule has 0 atom stereocenters.